The van der Waals surface area contributed by atoms with Gasteiger partial charge in [-0.2, -0.15) is 5.26 Å². The number of rotatable bonds is 3. The number of amides is 1. The Kier molecular flexibility index (Phi) is 3.87. The van der Waals surface area contributed by atoms with Crippen LogP contribution in [0.3, 0.4) is 0 Å². The highest BCUT2D eigenvalue weighted by Gasteiger charge is 2.10. The molecule has 0 saturated carbocycles. The van der Waals surface area contributed by atoms with E-state index in [9.17, 15) is 9.18 Å². The first-order valence-corrected chi connectivity index (χ1v) is 5.92. The van der Waals surface area contributed by atoms with Crippen LogP contribution in [0.1, 0.15) is 5.82 Å². The molecule has 0 aliphatic carbocycles. The number of aromatic nitrogens is 3. The molecule has 1 N–H and O–H groups in total. The number of benzene rings is 1. The van der Waals surface area contributed by atoms with Crippen LogP contribution in [-0.2, 0) is 11.3 Å². The molecular weight excluding hydrogens is 317 g/mol. The van der Waals surface area contributed by atoms with Crippen molar-refractivity contribution >= 4 is 27.5 Å². The van der Waals surface area contributed by atoms with E-state index in [1.165, 1.54) is 23.0 Å². The van der Waals surface area contributed by atoms with Crippen molar-refractivity contribution in [2.75, 3.05) is 5.32 Å². The lowest BCUT2D eigenvalue weighted by Gasteiger charge is -2.07. The fraction of sp³-hybridized carbons (Fsp3) is 0.0909. The molecule has 2 aromatic rings. The molecule has 1 heterocycles. The van der Waals surface area contributed by atoms with Gasteiger partial charge in [-0.05, 0) is 18.2 Å². The molecule has 0 atom stereocenters. The molecule has 0 radical (unpaired) electrons. The molecule has 6 nitrogen and oxygen atoms in total. The highest BCUT2D eigenvalue weighted by Crippen LogP contribution is 2.19. The summed E-state index contributed by atoms with van der Waals surface area (Å²) in [6.45, 7) is -0.161. The Labute approximate surface area is 116 Å². The normalized spacial score (nSPS) is 9.95. The van der Waals surface area contributed by atoms with E-state index in [1.54, 1.807) is 12.1 Å². The molecular formula is C11H7BrFN5O. The van der Waals surface area contributed by atoms with Gasteiger partial charge < -0.3 is 5.32 Å². The van der Waals surface area contributed by atoms with Gasteiger partial charge >= 0.3 is 0 Å². The fourth-order valence-corrected chi connectivity index (χ4v) is 1.73. The largest absolute Gasteiger partial charge is 0.322 e. The lowest BCUT2D eigenvalue weighted by Crippen LogP contribution is -2.19. The second kappa shape index (κ2) is 5.58. The summed E-state index contributed by atoms with van der Waals surface area (Å²) < 4.78 is 15.4. The summed E-state index contributed by atoms with van der Waals surface area (Å²) in [4.78, 5) is 11.7. The van der Waals surface area contributed by atoms with E-state index in [4.69, 9.17) is 5.26 Å². The highest BCUT2D eigenvalue weighted by atomic mass is 79.9. The van der Waals surface area contributed by atoms with E-state index in [1.807, 2.05) is 0 Å². The summed E-state index contributed by atoms with van der Waals surface area (Å²) in [5.74, 6) is -1.00. The zero-order chi connectivity index (χ0) is 13.8. The minimum absolute atomic E-state index is 0.0198. The molecule has 1 aromatic carbocycles. The number of hydrogen-bond donors (Lipinski definition) is 1. The lowest BCUT2D eigenvalue weighted by molar-refractivity contribution is -0.116. The van der Waals surface area contributed by atoms with Crippen molar-refractivity contribution in [1.29, 1.82) is 5.26 Å². The third-order valence-electron chi connectivity index (χ3n) is 2.23. The Morgan fingerprint density at radius 2 is 2.37 bits per heavy atom. The van der Waals surface area contributed by atoms with Crippen LogP contribution in [0.15, 0.2) is 29.0 Å². The molecule has 0 unspecified atom stereocenters. The number of hydrogen-bond acceptors (Lipinski definition) is 4. The maximum absolute atomic E-state index is 13.5. The zero-order valence-corrected chi connectivity index (χ0v) is 11.1. The molecule has 0 aliphatic rings. The van der Waals surface area contributed by atoms with E-state index >= 15 is 0 Å². The van der Waals surface area contributed by atoms with Crippen molar-refractivity contribution in [1.82, 2.24) is 14.8 Å². The minimum Gasteiger partial charge on any atom is -0.322 e. The van der Waals surface area contributed by atoms with Crippen molar-refractivity contribution in [3.63, 3.8) is 0 Å². The van der Waals surface area contributed by atoms with E-state index in [0.29, 0.717) is 4.47 Å². The molecule has 0 bridgehead atoms. The van der Waals surface area contributed by atoms with Crippen LogP contribution in [-0.4, -0.2) is 20.7 Å². The average molecular weight is 324 g/mol. The molecule has 96 valence electrons. The Hall–Kier alpha value is -2.27. The Morgan fingerprint density at radius 3 is 3.05 bits per heavy atom. The monoisotopic (exact) mass is 323 g/mol. The standard InChI is InChI=1S/C11H7BrFN5O/c12-7-1-2-9(8(13)3-7)16-11(19)5-18-6-15-17-10(18)4-14/h1-3,6H,5H2,(H,16,19). The van der Waals surface area contributed by atoms with Crippen LogP contribution in [0.25, 0.3) is 0 Å². The number of carbonyl (C=O) groups excluding carboxylic acids is 1. The smallest absolute Gasteiger partial charge is 0.244 e. The first-order chi connectivity index (χ1) is 9.10. The second-order valence-corrected chi connectivity index (χ2v) is 4.48. The summed E-state index contributed by atoms with van der Waals surface area (Å²) in [5.41, 5.74) is 0.0692. The number of nitriles is 1. The van der Waals surface area contributed by atoms with Crippen LogP contribution in [0.2, 0.25) is 0 Å². The van der Waals surface area contributed by atoms with Gasteiger partial charge in [0.2, 0.25) is 11.7 Å². The molecule has 0 fully saturated rings. The average Bonchev–Trinajstić information content (AvgIpc) is 2.80. The number of halogens is 2. The fourth-order valence-electron chi connectivity index (χ4n) is 1.39. The molecule has 2 rings (SSSR count). The van der Waals surface area contributed by atoms with Crippen LogP contribution >= 0.6 is 15.9 Å². The molecule has 0 spiro atoms. The van der Waals surface area contributed by atoms with E-state index in [0.717, 1.165) is 0 Å². The first-order valence-electron chi connectivity index (χ1n) is 5.13. The summed E-state index contributed by atoms with van der Waals surface area (Å²) >= 11 is 3.12. The molecule has 0 saturated heterocycles. The molecule has 0 aliphatic heterocycles. The van der Waals surface area contributed by atoms with Gasteiger partial charge in [0.1, 0.15) is 24.8 Å². The third kappa shape index (κ3) is 3.14. The number of carbonyl (C=O) groups is 1. The lowest BCUT2D eigenvalue weighted by atomic mass is 10.3. The quantitative estimate of drug-likeness (QED) is 0.931. The molecule has 8 heteroatoms. The van der Waals surface area contributed by atoms with Crippen LogP contribution in [0, 0.1) is 17.1 Å². The highest BCUT2D eigenvalue weighted by molar-refractivity contribution is 9.10. The maximum Gasteiger partial charge on any atom is 0.244 e. The summed E-state index contributed by atoms with van der Waals surface area (Å²) in [7, 11) is 0. The Morgan fingerprint density at radius 1 is 1.58 bits per heavy atom. The van der Waals surface area contributed by atoms with Crippen molar-refractivity contribution < 1.29 is 9.18 Å². The zero-order valence-electron chi connectivity index (χ0n) is 9.47. The van der Waals surface area contributed by atoms with E-state index < -0.39 is 11.7 Å². The minimum atomic E-state index is -0.549. The van der Waals surface area contributed by atoms with Gasteiger partial charge in [-0.15, -0.1) is 10.2 Å². The van der Waals surface area contributed by atoms with Gasteiger partial charge in [0.25, 0.3) is 0 Å². The van der Waals surface area contributed by atoms with Crippen molar-refractivity contribution in [3.05, 3.63) is 40.6 Å². The predicted molar refractivity (Wildman–Crippen MR) is 67.5 cm³/mol. The number of nitrogens with zero attached hydrogens (tertiary/aromatic N) is 4. The first kappa shape index (κ1) is 13.2. The van der Waals surface area contributed by atoms with Gasteiger partial charge in [0.15, 0.2) is 0 Å². The summed E-state index contributed by atoms with van der Waals surface area (Å²) in [6, 6.07) is 6.09. The molecule has 19 heavy (non-hydrogen) atoms. The number of anilines is 1. The van der Waals surface area contributed by atoms with Gasteiger partial charge in [0, 0.05) is 4.47 Å². The van der Waals surface area contributed by atoms with E-state index in [2.05, 4.69) is 31.4 Å². The Bertz CT molecular complexity index is 663. The SMILES string of the molecule is N#Cc1nncn1CC(=O)Nc1ccc(Br)cc1F. The van der Waals surface area contributed by atoms with Gasteiger partial charge in [-0.3, -0.25) is 9.36 Å². The van der Waals surface area contributed by atoms with Crippen LogP contribution in [0.4, 0.5) is 10.1 Å². The third-order valence-corrected chi connectivity index (χ3v) is 2.73. The van der Waals surface area contributed by atoms with Crippen molar-refractivity contribution in [2.24, 2.45) is 0 Å². The van der Waals surface area contributed by atoms with Crippen molar-refractivity contribution in [3.8, 4) is 6.07 Å². The van der Waals surface area contributed by atoms with Gasteiger partial charge in [-0.25, -0.2) is 4.39 Å². The Balaban J connectivity index is 2.08. The van der Waals surface area contributed by atoms with Crippen LogP contribution < -0.4 is 5.32 Å². The van der Waals surface area contributed by atoms with Crippen molar-refractivity contribution in [2.45, 2.75) is 6.54 Å². The number of nitrogens with one attached hydrogen (secondary N) is 1. The van der Waals surface area contributed by atoms with Gasteiger partial charge in [0.05, 0.1) is 5.69 Å². The topological polar surface area (TPSA) is 83.6 Å². The maximum atomic E-state index is 13.5. The summed E-state index contributed by atoms with van der Waals surface area (Å²) in [5, 5.41) is 18.1. The van der Waals surface area contributed by atoms with Gasteiger partial charge in [-0.1, -0.05) is 15.9 Å². The molecule has 1 aromatic heterocycles. The van der Waals surface area contributed by atoms with Crippen LogP contribution in [0.5, 0.6) is 0 Å². The van der Waals surface area contributed by atoms with E-state index in [-0.39, 0.29) is 18.1 Å². The predicted octanol–water partition coefficient (Wildman–Crippen LogP) is 1.69. The summed E-state index contributed by atoms with van der Waals surface area (Å²) in [6.07, 6.45) is 1.26. The molecule has 1 amide bonds. The second-order valence-electron chi connectivity index (χ2n) is 3.57.